The van der Waals surface area contributed by atoms with Crippen molar-refractivity contribution in [2.75, 3.05) is 23.8 Å². The normalized spacial score (nSPS) is 11.9. The van der Waals surface area contributed by atoms with Crippen molar-refractivity contribution in [2.24, 2.45) is 0 Å². The Labute approximate surface area is 113 Å². The van der Waals surface area contributed by atoms with Crippen molar-refractivity contribution < 1.29 is 5.11 Å². The highest BCUT2D eigenvalue weighted by molar-refractivity contribution is 5.53. The first-order chi connectivity index (χ1) is 9.33. The van der Waals surface area contributed by atoms with Crippen LogP contribution < -0.4 is 10.6 Å². The zero-order valence-electron chi connectivity index (χ0n) is 11.0. The number of aliphatic hydroxyl groups is 1. The van der Waals surface area contributed by atoms with Gasteiger partial charge in [0.15, 0.2) is 0 Å². The Morgan fingerprint density at radius 1 is 1.21 bits per heavy atom. The Kier molecular flexibility index (Phi) is 4.75. The highest BCUT2D eigenvalue weighted by Crippen LogP contribution is 2.20. The molecule has 0 spiro atoms. The standard InChI is InChI=1S/C15H19N3O/c1-2-16-15-10-13(8-9-17-15)18-14(11-19)12-6-4-3-5-7-12/h3-10,14,19H,2,11H2,1H3,(H2,16,17,18). The maximum absolute atomic E-state index is 9.52. The number of benzene rings is 1. The Morgan fingerprint density at radius 3 is 2.68 bits per heavy atom. The molecule has 0 fully saturated rings. The number of anilines is 2. The lowest BCUT2D eigenvalue weighted by Gasteiger charge is -2.18. The molecular formula is C15H19N3O. The fourth-order valence-electron chi connectivity index (χ4n) is 1.92. The fourth-order valence-corrected chi connectivity index (χ4v) is 1.92. The average molecular weight is 257 g/mol. The average Bonchev–Trinajstić information content (AvgIpc) is 2.46. The monoisotopic (exact) mass is 257 g/mol. The number of nitrogens with one attached hydrogen (secondary N) is 2. The van der Waals surface area contributed by atoms with Crippen LogP contribution in [0.3, 0.4) is 0 Å². The van der Waals surface area contributed by atoms with Gasteiger partial charge in [0.25, 0.3) is 0 Å². The van der Waals surface area contributed by atoms with Crippen LogP contribution in [0.25, 0.3) is 0 Å². The summed E-state index contributed by atoms with van der Waals surface area (Å²) in [5, 5.41) is 16.0. The van der Waals surface area contributed by atoms with Crippen molar-refractivity contribution in [3.8, 4) is 0 Å². The Hall–Kier alpha value is -2.07. The van der Waals surface area contributed by atoms with Gasteiger partial charge >= 0.3 is 0 Å². The molecule has 1 aromatic carbocycles. The predicted molar refractivity (Wildman–Crippen MR) is 78.3 cm³/mol. The van der Waals surface area contributed by atoms with E-state index in [-0.39, 0.29) is 12.6 Å². The van der Waals surface area contributed by atoms with Gasteiger partial charge in [-0.1, -0.05) is 30.3 Å². The molecule has 0 aliphatic rings. The molecule has 0 saturated heterocycles. The van der Waals surface area contributed by atoms with E-state index >= 15 is 0 Å². The first kappa shape index (κ1) is 13.4. The topological polar surface area (TPSA) is 57.2 Å². The van der Waals surface area contributed by atoms with Gasteiger partial charge in [-0.2, -0.15) is 0 Å². The van der Waals surface area contributed by atoms with E-state index < -0.39 is 0 Å². The van der Waals surface area contributed by atoms with E-state index in [1.165, 1.54) is 0 Å². The van der Waals surface area contributed by atoms with Crippen molar-refractivity contribution in [1.29, 1.82) is 0 Å². The number of hydrogen-bond donors (Lipinski definition) is 3. The van der Waals surface area contributed by atoms with Gasteiger partial charge in [-0.3, -0.25) is 0 Å². The Balaban J connectivity index is 2.12. The van der Waals surface area contributed by atoms with E-state index in [2.05, 4.69) is 15.6 Å². The molecule has 2 aromatic rings. The molecule has 0 aliphatic carbocycles. The largest absolute Gasteiger partial charge is 0.394 e. The van der Waals surface area contributed by atoms with E-state index in [1.54, 1.807) is 6.20 Å². The zero-order valence-corrected chi connectivity index (χ0v) is 11.0. The first-order valence-corrected chi connectivity index (χ1v) is 6.45. The number of pyridine rings is 1. The van der Waals surface area contributed by atoms with Gasteiger partial charge in [0.1, 0.15) is 5.82 Å². The number of rotatable bonds is 6. The third-order valence-electron chi connectivity index (χ3n) is 2.84. The van der Waals surface area contributed by atoms with Gasteiger partial charge in [0.05, 0.1) is 12.6 Å². The lowest BCUT2D eigenvalue weighted by molar-refractivity contribution is 0.276. The van der Waals surface area contributed by atoms with Crippen LogP contribution in [0.4, 0.5) is 11.5 Å². The van der Waals surface area contributed by atoms with Crippen molar-refractivity contribution >= 4 is 11.5 Å². The molecule has 3 N–H and O–H groups in total. The molecule has 0 aliphatic heterocycles. The molecule has 100 valence electrons. The summed E-state index contributed by atoms with van der Waals surface area (Å²) in [6.07, 6.45) is 1.75. The molecule has 4 heteroatoms. The molecule has 2 rings (SSSR count). The Bertz CT molecular complexity index is 502. The van der Waals surface area contributed by atoms with Crippen LogP contribution in [0.15, 0.2) is 48.7 Å². The first-order valence-electron chi connectivity index (χ1n) is 6.45. The molecule has 0 bridgehead atoms. The molecule has 1 heterocycles. The van der Waals surface area contributed by atoms with Gasteiger partial charge in [0, 0.05) is 24.5 Å². The third kappa shape index (κ3) is 3.69. The van der Waals surface area contributed by atoms with Crippen LogP contribution in [0.2, 0.25) is 0 Å². The van der Waals surface area contributed by atoms with E-state index in [0.29, 0.717) is 0 Å². The minimum absolute atomic E-state index is 0.0445. The summed E-state index contributed by atoms with van der Waals surface area (Å²) >= 11 is 0. The van der Waals surface area contributed by atoms with Gasteiger partial charge in [-0.15, -0.1) is 0 Å². The molecule has 1 aromatic heterocycles. The molecule has 1 unspecified atom stereocenters. The van der Waals surface area contributed by atoms with E-state index in [1.807, 2.05) is 49.4 Å². The van der Waals surface area contributed by atoms with Crippen LogP contribution in [-0.2, 0) is 0 Å². The van der Waals surface area contributed by atoms with Crippen LogP contribution in [0.5, 0.6) is 0 Å². The number of aliphatic hydroxyl groups excluding tert-OH is 1. The molecule has 0 amide bonds. The molecular weight excluding hydrogens is 238 g/mol. The van der Waals surface area contributed by atoms with E-state index in [4.69, 9.17) is 0 Å². The summed E-state index contributed by atoms with van der Waals surface area (Å²) in [5.41, 5.74) is 2.00. The number of nitrogens with zero attached hydrogens (tertiary/aromatic N) is 1. The van der Waals surface area contributed by atoms with Crippen LogP contribution in [-0.4, -0.2) is 23.2 Å². The van der Waals surface area contributed by atoms with Crippen LogP contribution >= 0.6 is 0 Å². The summed E-state index contributed by atoms with van der Waals surface area (Å²) in [5.74, 6) is 0.831. The summed E-state index contributed by atoms with van der Waals surface area (Å²) < 4.78 is 0. The van der Waals surface area contributed by atoms with E-state index in [0.717, 1.165) is 23.6 Å². The van der Waals surface area contributed by atoms with Crippen molar-refractivity contribution in [1.82, 2.24) is 4.98 Å². The highest BCUT2D eigenvalue weighted by Gasteiger charge is 2.09. The second-order valence-corrected chi connectivity index (χ2v) is 4.25. The van der Waals surface area contributed by atoms with Gasteiger partial charge in [0.2, 0.25) is 0 Å². The van der Waals surface area contributed by atoms with Gasteiger partial charge in [-0.05, 0) is 18.6 Å². The lowest BCUT2D eigenvalue weighted by Crippen LogP contribution is -2.15. The molecule has 19 heavy (non-hydrogen) atoms. The number of hydrogen-bond acceptors (Lipinski definition) is 4. The Morgan fingerprint density at radius 2 is 2.00 bits per heavy atom. The number of aromatic nitrogens is 1. The van der Waals surface area contributed by atoms with Crippen LogP contribution in [0.1, 0.15) is 18.5 Å². The second-order valence-electron chi connectivity index (χ2n) is 4.25. The fraction of sp³-hybridized carbons (Fsp3) is 0.267. The summed E-state index contributed by atoms with van der Waals surface area (Å²) in [6, 6.07) is 13.6. The smallest absolute Gasteiger partial charge is 0.127 e. The molecule has 0 saturated carbocycles. The third-order valence-corrected chi connectivity index (χ3v) is 2.84. The minimum Gasteiger partial charge on any atom is -0.394 e. The zero-order chi connectivity index (χ0) is 13.5. The van der Waals surface area contributed by atoms with Crippen LogP contribution in [0, 0.1) is 0 Å². The molecule has 0 radical (unpaired) electrons. The molecule has 1 atom stereocenters. The summed E-state index contributed by atoms with van der Waals surface area (Å²) in [7, 11) is 0. The SMILES string of the molecule is CCNc1cc(NC(CO)c2ccccc2)ccn1. The quantitative estimate of drug-likeness (QED) is 0.744. The van der Waals surface area contributed by atoms with E-state index in [9.17, 15) is 5.11 Å². The lowest BCUT2D eigenvalue weighted by atomic mass is 10.1. The highest BCUT2D eigenvalue weighted by atomic mass is 16.3. The van der Waals surface area contributed by atoms with Crippen molar-refractivity contribution in [3.63, 3.8) is 0 Å². The second kappa shape index (κ2) is 6.75. The molecule has 4 nitrogen and oxygen atoms in total. The van der Waals surface area contributed by atoms with Gasteiger partial charge < -0.3 is 15.7 Å². The summed E-state index contributed by atoms with van der Waals surface area (Å²) in [6.45, 7) is 2.91. The summed E-state index contributed by atoms with van der Waals surface area (Å²) in [4.78, 5) is 4.22. The van der Waals surface area contributed by atoms with Crippen molar-refractivity contribution in [2.45, 2.75) is 13.0 Å². The van der Waals surface area contributed by atoms with Gasteiger partial charge in [-0.25, -0.2) is 4.98 Å². The maximum Gasteiger partial charge on any atom is 0.127 e. The maximum atomic E-state index is 9.52. The minimum atomic E-state index is -0.113. The predicted octanol–water partition coefficient (Wildman–Crippen LogP) is 2.66. The van der Waals surface area contributed by atoms with Crippen molar-refractivity contribution in [3.05, 3.63) is 54.2 Å².